The van der Waals surface area contributed by atoms with Crippen molar-refractivity contribution in [2.24, 2.45) is 5.92 Å². The maximum atomic E-state index is 12.7. The van der Waals surface area contributed by atoms with Crippen LogP contribution in [-0.2, 0) is 11.3 Å². The molecule has 1 amide bonds. The molecular formula is C18H25NO3. The fourth-order valence-electron chi connectivity index (χ4n) is 3.35. The Morgan fingerprint density at radius 1 is 1.27 bits per heavy atom. The van der Waals surface area contributed by atoms with E-state index in [9.17, 15) is 15.0 Å². The molecule has 4 nitrogen and oxygen atoms in total. The summed E-state index contributed by atoms with van der Waals surface area (Å²) in [7, 11) is 0. The lowest BCUT2D eigenvalue weighted by molar-refractivity contribution is -0.137. The average molecular weight is 303 g/mol. The number of aromatic hydroxyl groups is 1. The van der Waals surface area contributed by atoms with Crippen molar-refractivity contribution in [2.45, 2.75) is 57.1 Å². The second-order valence-electron chi connectivity index (χ2n) is 7.00. The molecule has 2 aliphatic carbocycles. The molecule has 2 fully saturated rings. The van der Waals surface area contributed by atoms with Gasteiger partial charge in [-0.25, -0.2) is 0 Å². The standard InChI is InChI=1S/C18H25NO3/c20-16-5-3-4-15(10-16)13-19(12-14-6-7-14)17(21)11-18(22)8-1-2-9-18/h3-5,10,14,20,22H,1-2,6-9,11-13H2. The van der Waals surface area contributed by atoms with E-state index < -0.39 is 5.60 Å². The van der Waals surface area contributed by atoms with Crippen molar-refractivity contribution in [3.8, 4) is 5.75 Å². The van der Waals surface area contributed by atoms with Gasteiger partial charge in [-0.2, -0.15) is 0 Å². The number of rotatable bonds is 6. The molecule has 0 bridgehead atoms. The van der Waals surface area contributed by atoms with Gasteiger partial charge in [0.05, 0.1) is 12.0 Å². The van der Waals surface area contributed by atoms with Crippen molar-refractivity contribution in [2.75, 3.05) is 6.54 Å². The molecule has 0 spiro atoms. The van der Waals surface area contributed by atoms with Crippen LogP contribution in [0.25, 0.3) is 0 Å². The van der Waals surface area contributed by atoms with Crippen LogP contribution < -0.4 is 0 Å². The molecule has 1 aromatic rings. The third-order valence-corrected chi connectivity index (χ3v) is 4.83. The minimum Gasteiger partial charge on any atom is -0.508 e. The Morgan fingerprint density at radius 3 is 2.64 bits per heavy atom. The summed E-state index contributed by atoms with van der Waals surface area (Å²) in [5.74, 6) is 0.880. The van der Waals surface area contributed by atoms with Gasteiger partial charge >= 0.3 is 0 Å². The lowest BCUT2D eigenvalue weighted by Gasteiger charge is -2.28. The number of phenolic OH excluding ortho intramolecular Hbond substituents is 1. The zero-order chi connectivity index (χ0) is 15.6. The first-order chi connectivity index (χ1) is 10.5. The van der Waals surface area contributed by atoms with Gasteiger partial charge in [0.2, 0.25) is 5.91 Å². The van der Waals surface area contributed by atoms with Crippen LogP contribution in [0.2, 0.25) is 0 Å². The Morgan fingerprint density at radius 2 is 2.00 bits per heavy atom. The average Bonchev–Trinajstić information content (AvgIpc) is 3.18. The van der Waals surface area contributed by atoms with E-state index in [0.29, 0.717) is 12.5 Å². The van der Waals surface area contributed by atoms with E-state index in [-0.39, 0.29) is 18.1 Å². The largest absolute Gasteiger partial charge is 0.508 e. The van der Waals surface area contributed by atoms with Gasteiger partial charge in [-0.15, -0.1) is 0 Å². The van der Waals surface area contributed by atoms with E-state index in [2.05, 4.69) is 0 Å². The number of carbonyl (C=O) groups excluding carboxylic acids is 1. The number of phenols is 1. The number of aliphatic hydroxyl groups is 1. The van der Waals surface area contributed by atoms with Crippen LogP contribution >= 0.6 is 0 Å². The molecule has 0 radical (unpaired) electrons. The third kappa shape index (κ3) is 4.01. The topological polar surface area (TPSA) is 60.8 Å². The molecule has 1 aromatic carbocycles. The summed E-state index contributed by atoms with van der Waals surface area (Å²) in [6.07, 6.45) is 6.11. The highest BCUT2D eigenvalue weighted by molar-refractivity contribution is 5.77. The molecule has 120 valence electrons. The van der Waals surface area contributed by atoms with Crippen molar-refractivity contribution >= 4 is 5.91 Å². The molecule has 3 rings (SSSR count). The number of hydrogen-bond acceptors (Lipinski definition) is 3. The molecule has 0 unspecified atom stereocenters. The summed E-state index contributed by atoms with van der Waals surface area (Å²) in [4.78, 5) is 14.5. The summed E-state index contributed by atoms with van der Waals surface area (Å²) in [6.45, 7) is 1.28. The SMILES string of the molecule is O=C(CC1(O)CCCC1)N(Cc1cccc(O)c1)CC1CC1. The van der Waals surface area contributed by atoms with Crippen LogP contribution in [0.5, 0.6) is 5.75 Å². The fraction of sp³-hybridized carbons (Fsp3) is 0.611. The number of amides is 1. The van der Waals surface area contributed by atoms with E-state index in [1.54, 1.807) is 18.2 Å². The van der Waals surface area contributed by atoms with Crippen molar-refractivity contribution in [1.82, 2.24) is 4.90 Å². The second-order valence-corrected chi connectivity index (χ2v) is 7.00. The second kappa shape index (κ2) is 6.29. The molecule has 2 saturated carbocycles. The third-order valence-electron chi connectivity index (χ3n) is 4.83. The van der Waals surface area contributed by atoms with E-state index >= 15 is 0 Å². The van der Waals surface area contributed by atoms with Crippen LogP contribution in [0.1, 0.15) is 50.5 Å². The van der Waals surface area contributed by atoms with E-state index in [0.717, 1.165) is 37.8 Å². The summed E-state index contributed by atoms with van der Waals surface area (Å²) < 4.78 is 0. The fourth-order valence-corrected chi connectivity index (χ4v) is 3.35. The molecule has 0 saturated heterocycles. The molecule has 0 heterocycles. The Labute approximate surface area is 131 Å². The Bertz CT molecular complexity index is 533. The van der Waals surface area contributed by atoms with Gasteiger partial charge in [0, 0.05) is 13.1 Å². The first-order valence-corrected chi connectivity index (χ1v) is 8.32. The highest BCUT2D eigenvalue weighted by atomic mass is 16.3. The molecule has 2 N–H and O–H groups in total. The van der Waals surface area contributed by atoms with Crippen molar-refractivity contribution in [3.05, 3.63) is 29.8 Å². The molecule has 0 aromatic heterocycles. The van der Waals surface area contributed by atoms with Gasteiger partial charge in [0.1, 0.15) is 5.75 Å². The number of carbonyl (C=O) groups is 1. The normalized spacial score (nSPS) is 20.0. The van der Waals surface area contributed by atoms with Crippen molar-refractivity contribution in [3.63, 3.8) is 0 Å². The van der Waals surface area contributed by atoms with Crippen LogP contribution in [0.15, 0.2) is 24.3 Å². The lowest BCUT2D eigenvalue weighted by Crippen LogP contribution is -2.38. The Kier molecular flexibility index (Phi) is 4.39. The number of benzene rings is 1. The van der Waals surface area contributed by atoms with E-state index in [1.807, 2.05) is 11.0 Å². The van der Waals surface area contributed by atoms with Crippen LogP contribution in [0.4, 0.5) is 0 Å². The predicted octanol–water partition coefficient (Wildman–Crippen LogP) is 2.83. The highest BCUT2D eigenvalue weighted by Crippen LogP contribution is 2.34. The highest BCUT2D eigenvalue weighted by Gasteiger charge is 2.36. The zero-order valence-electron chi connectivity index (χ0n) is 13.0. The molecule has 4 heteroatoms. The van der Waals surface area contributed by atoms with Crippen molar-refractivity contribution in [1.29, 1.82) is 0 Å². The minimum absolute atomic E-state index is 0.0413. The van der Waals surface area contributed by atoms with E-state index in [1.165, 1.54) is 12.8 Å². The van der Waals surface area contributed by atoms with Gasteiger partial charge in [-0.1, -0.05) is 25.0 Å². The molecule has 0 atom stereocenters. The molecule has 2 aliphatic rings. The van der Waals surface area contributed by atoms with Gasteiger partial charge in [-0.05, 0) is 49.3 Å². The summed E-state index contributed by atoms with van der Waals surface area (Å²) >= 11 is 0. The maximum Gasteiger partial charge on any atom is 0.225 e. The monoisotopic (exact) mass is 303 g/mol. The number of nitrogens with zero attached hydrogens (tertiary/aromatic N) is 1. The van der Waals surface area contributed by atoms with Gasteiger partial charge in [-0.3, -0.25) is 4.79 Å². The van der Waals surface area contributed by atoms with Gasteiger partial charge < -0.3 is 15.1 Å². The smallest absolute Gasteiger partial charge is 0.225 e. The van der Waals surface area contributed by atoms with Crippen LogP contribution in [-0.4, -0.2) is 33.2 Å². The molecule has 0 aliphatic heterocycles. The maximum absolute atomic E-state index is 12.7. The van der Waals surface area contributed by atoms with Gasteiger partial charge in [0.15, 0.2) is 0 Å². The molecular weight excluding hydrogens is 278 g/mol. The van der Waals surface area contributed by atoms with Crippen LogP contribution in [0.3, 0.4) is 0 Å². The van der Waals surface area contributed by atoms with Crippen LogP contribution in [0, 0.1) is 5.92 Å². The first kappa shape index (κ1) is 15.3. The van der Waals surface area contributed by atoms with E-state index in [4.69, 9.17) is 0 Å². The summed E-state index contributed by atoms with van der Waals surface area (Å²) in [6, 6.07) is 7.07. The number of hydrogen-bond donors (Lipinski definition) is 2. The summed E-state index contributed by atoms with van der Waals surface area (Å²) in [5.41, 5.74) is 0.143. The predicted molar refractivity (Wildman–Crippen MR) is 84.3 cm³/mol. The first-order valence-electron chi connectivity index (χ1n) is 8.32. The minimum atomic E-state index is -0.794. The van der Waals surface area contributed by atoms with Gasteiger partial charge in [0.25, 0.3) is 0 Å². The van der Waals surface area contributed by atoms with Crippen molar-refractivity contribution < 1.29 is 15.0 Å². The lowest BCUT2D eigenvalue weighted by atomic mass is 9.97. The Balaban J connectivity index is 1.67. The Hall–Kier alpha value is -1.55. The molecule has 22 heavy (non-hydrogen) atoms. The quantitative estimate of drug-likeness (QED) is 0.849. The summed E-state index contributed by atoms with van der Waals surface area (Å²) in [5, 5.41) is 20.1. The zero-order valence-corrected chi connectivity index (χ0v) is 13.0.